The van der Waals surface area contributed by atoms with Gasteiger partial charge < -0.3 is 18.8 Å². The van der Waals surface area contributed by atoms with Gasteiger partial charge in [-0.05, 0) is 18.6 Å². The highest BCUT2D eigenvalue weighted by Crippen LogP contribution is 2.26. The first kappa shape index (κ1) is 16.1. The summed E-state index contributed by atoms with van der Waals surface area (Å²) in [6.07, 6.45) is 0.899. The normalized spacial score (nSPS) is 11.2. The van der Waals surface area contributed by atoms with Crippen LogP contribution in [0.4, 0.5) is 0 Å². The van der Waals surface area contributed by atoms with Gasteiger partial charge in [-0.25, -0.2) is 4.98 Å². The van der Waals surface area contributed by atoms with Crippen LogP contribution in [0.25, 0.3) is 11.0 Å². The number of ether oxygens (including phenoxy) is 3. The first-order valence-corrected chi connectivity index (χ1v) is 7.50. The standard InChI is InChI=1S/C15H21ClN2O3/c1-19-9-10-21-8-4-7-18-12-5-3-6-13(20-2)15(12)17-14(18)11-16/h3,5-6H,4,7-11H2,1-2H3. The molecule has 0 aliphatic rings. The largest absolute Gasteiger partial charge is 0.494 e. The molecule has 0 fully saturated rings. The Kier molecular flexibility index (Phi) is 6.29. The van der Waals surface area contributed by atoms with Crippen molar-refractivity contribution in [3.05, 3.63) is 24.0 Å². The molecule has 0 atom stereocenters. The van der Waals surface area contributed by atoms with Crippen molar-refractivity contribution < 1.29 is 14.2 Å². The average Bonchev–Trinajstić information content (AvgIpc) is 2.88. The van der Waals surface area contributed by atoms with E-state index in [0.717, 1.165) is 35.6 Å². The molecule has 0 N–H and O–H groups in total. The number of hydrogen-bond acceptors (Lipinski definition) is 4. The third-order valence-corrected chi connectivity index (χ3v) is 3.50. The van der Waals surface area contributed by atoms with Crippen LogP contribution in [-0.4, -0.2) is 43.6 Å². The first-order chi connectivity index (χ1) is 10.3. The van der Waals surface area contributed by atoms with E-state index in [1.165, 1.54) is 0 Å². The molecule has 0 unspecified atom stereocenters. The number of aryl methyl sites for hydroxylation is 1. The first-order valence-electron chi connectivity index (χ1n) is 6.96. The van der Waals surface area contributed by atoms with Gasteiger partial charge in [-0.2, -0.15) is 0 Å². The molecular formula is C15H21ClN2O3. The van der Waals surface area contributed by atoms with Crippen molar-refractivity contribution in [3.63, 3.8) is 0 Å². The fourth-order valence-electron chi connectivity index (χ4n) is 2.25. The van der Waals surface area contributed by atoms with Crippen LogP contribution in [0.15, 0.2) is 18.2 Å². The molecule has 0 saturated heterocycles. The molecule has 5 nitrogen and oxygen atoms in total. The second-order valence-corrected chi connectivity index (χ2v) is 4.87. The Bertz CT molecular complexity index is 571. The van der Waals surface area contributed by atoms with E-state index in [0.29, 0.717) is 25.7 Å². The maximum absolute atomic E-state index is 6.01. The highest BCUT2D eigenvalue weighted by Gasteiger charge is 2.12. The van der Waals surface area contributed by atoms with E-state index in [4.69, 9.17) is 25.8 Å². The Labute approximate surface area is 129 Å². The molecule has 0 saturated carbocycles. The molecule has 21 heavy (non-hydrogen) atoms. The number of halogens is 1. The lowest BCUT2D eigenvalue weighted by Gasteiger charge is -2.08. The molecule has 0 radical (unpaired) electrons. The lowest BCUT2D eigenvalue weighted by Crippen LogP contribution is -2.08. The Morgan fingerprint density at radius 2 is 2.05 bits per heavy atom. The zero-order valence-electron chi connectivity index (χ0n) is 12.5. The van der Waals surface area contributed by atoms with Crippen molar-refractivity contribution in [1.29, 1.82) is 0 Å². The average molecular weight is 313 g/mol. The van der Waals surface area contributed by atoms with E-state index in [1.54, 1.807) is 14.2 Å². The molecule has 0 bridgehead atoms. The summed E-state index contributed by atoms with van der Waals surface area (Å²) in [6.45, 7) is 2.75. The van der Waals surface area contributed by atoms with E-state index in [-0.39, 0.29) is 0 Å². The van der Waals surface area contributed by atoms with Crippen LogP contribution in [-0.2, 0) is 21.9 Å². The van der Waals surface area contributed by atoms with Gasteiger partial charge in [0.2, 0.25) is 0 Å². The van der Waals surface area contributed by atoms with Crippen LogP contribution < -0.4 is 4.74 Å². The van der Waals surface area contributed by atoms with E-state index < -0.39 is 0 Å². The van der Waals surface area contributed by atoms with Crippen LogP contribution in [0.3, 0.4) is 0 Å². The number of fused-ring (bicyclic) bond motifs is 1. The zero-order chi connectivity index (χ0) is 15.1. The summed E-state index contributed by atoms with van der Waals surface area (Å²) in [6, 6.07) is 5.91. The number of benzene rings is 1. The Morgan fingerprint density at radius 3 is 2.76 bits per heavy atom. The molecule has 0 aliphatic heterocycles. The van der Waals surface area contributed by atoms with Crippen molar-refractivity contribution in [2.24, 2.45) is 0 Å². The molecule has 1 aromatic carbocycles. The van der Waals surface area contributed by atoms with Crippen molar-refractivity contribution in [2.45, 2.75) is 18.8 Å². The molecule has 116 valence electrons. The number of nitrogens with zero attached hydrogens (tertiary/aromatic N) is 2. The smallest absolute Gasteiger partial charge is 0.146 e. The maximum Gasteiger partial charge on any atom is 0.146 e. The molecule has 1 aromatic heterocycles. The third-order valence-electron chi connectivity index (χ3n) is 3.26. The Balaban J connectivity index is 2.07. The van der Waals surface area contributed by atoms with Crippen LogP contribution >= 0.6 is 11.6 Å². The predicted molar refractivity (Wildman–Crippen MR) is 83.2 cm³/mol. The van der Waals surface area contributed by atoms with Gasteiger partial charge in [0.05, 0.1) is 31.7 Å². The number of alkyl halides is 1. The van der Waals surface area contributed by atoms with Gasteiger partial charge in [0, 0.05) is 20.3 Å². The second-order valence-electron chi connectivity index (χ2n) is 4.60. The van der Waals surface area contributed by atoms with Crippen molar-refractivity contribution in [2.75, 3.05) is 34.0 Å². The number of aromatic nitrogens is 2. The van der Waals surface area contributed by atoms with E-state index in [9.17, 15) is 0 Å². The van der Waals surface area contributed by atoms with E-state index in [1.807, 2.05) is 18.2 Å². The minimum absolute atomic E-state index is 0.377. The maximum atomic E-state index is 6.01. The lowest BCUT2D eigenvalue weighted by molar-refractivity contribution is 0.0681. The van der Waals surface area contributed by atoms with Crippen molar-refractivity contribution in [1.82, 2.24) is 9.55 Å². The van der Waals surface area contributed by atoms with Crippen LogP contribution in [0.1, 0.15) is 12.2 Å². The Hall–Kier alpha value is -1.30. The van der Waals surface area contributed by atoms with Gasteiger partial charge in [0.1, 0.15) is 17.1 Å². The SMILES string of the molecule is COCCOCCCn1c(CCl)nc2c(OC)cccc21. The fourth-order valence-corrected chi connectivity index (χ4v) is 2.46. The van der Waals surface area contributed by atoms with Crippen LogP contribution in [0.2, 0.25) is 0 Å². The number of para-hydroxylation sites is 1. The Morgan fingerprint density at radius 1 is 1.19 bits per heavy atom. The number of methoxy groups -OCH3 is 2. The highest BCUT2D eigenvalue weighted by atomic mass is 35.5. The molecule has 0 amide bonds. The third kappa shape index (κ3) is 3.87. The highest BCUT2D eigenvalue weighted by molar-refractivity contribution is 6.16. The molecule has 0 spiro atoms. The quantitative estimate of drug-likeness (QED) is 0.527. The van der Waals surface area contributed by atoms with E-state index >= 15 is 0 Å². The second kappa shape index (κ2) is 8.22. The predicted octanol–water partition coefficient (Wildman–Crippen LogP) is 2.84. The molecule has 6 heteroatoms. The number of imidazole rings is 1. The summed E-state index contributed by atoms with van der Waals surface area (Å²) in [5.74, 6) is 2.00. The van der Waals surface area contributed by atoms with E-state index in [2.05, 4.69) is 9.55 Å². The van der Waals surface area contributed by atoms with Crippen molar-refractivity contribution >= 4 is 22.6 Å². The summed E-state index contributed by atoms with van der Waals surface area (Å²) in [5.41, 5.74) is 1.90. The lowest BCUT2D eigenvalue weighted by atomic mass is 10.3. The molecule has 2 rings (SSSR count). The van der Waals surface area contributed by atoms with Gasteiger partial charge in [-0.1, -0.05) is 6.07 Å². The van der Waals surface area contributed by atoms with Crippen molar-refractivity contribution in [3.8, 4) is 5.75 Å². The van der Waals surface area contributed by atoms with Crippen LogP contribution in [0, 0.1) is 0 Å². The van der Waals surface area contributed by atoms with Gasteiger partial charge in [-0.15, -0.1) is 11.6 Å². The molecule has 0 aliphatic carbocycles. The number of rotatable bonds is 9. The summed E-state index contributed by atoms with van der Waals surface area (Å²) in [5, 5.41) is 0. The van der Waals surface area contributed by atoms with Gasteiger partial charge in [-0.3, -0.25) is 0 Å². The molecule has 2 aromatic rings. The minimum Gasteiger partial charge on any atom is -0.494 e. The summed E-state index contributed by atoms with van der Waals surface area (Å²) >= 11 is 6.01. The summed E-state index contributed by atoms with van der Waals surface area (Å²) < 4.78 is 17.9. The summed E-state index contributed by atoms with van der Waals surface area (Å²) in [4.78, 5) is 4.58. The minimum atomic E-state index is 0.377. The molecule has 1 heterocycles. The molecular weight excluding hydrogens is 292 g/mol. The van der Waals surface area contributed by atoms with Gasteiger partial charge >= 0.3 is 0 Å². The topological polar surface area (TPSA) is 45.5 Å². The fraction of sp³-hybridized carbons (Fsp3) is 0.533. The van der Waals surface area contributed by atoms with Gasteiger partial charge in [0.25, 0.3) is 0 Å². The summed E-state index contributed by atoms with van der Waals surface area (Å²) in [7, 11) is 3.32. The number of hydrogen-bond donors (Lipinski definition) is 0. The zero-order valence-corrected chi connectivity index (χ0v) is 13.2. The monoisotopic (exact) mass is 312 g/mol. The van der Waals surface area contributed by atoms with Crippen LogP contribution in [0.5, 0.6) is 5.75 Å². The van der Waals surface area contributed by atoms with Gasteiger partial charge in [0.15, 0.2) is 0 Å².